The van der Waals surface area contributed by atoms with Crippen molar-refractivity contribution in [2.45, 2.75) is 56.2 Å². The third-order valence-electron chi connectivity index (χ3n) is 6.71. The summed E-state index contributed by atoms with van der Waals surface area (Å²) in [4.78, 5) is 28.1. The van der Waals surface area contributed by atoms with Crippen LogP contribution in [0.2, 0.25) is 0 Å². The molecule has 128 valence electrons. The molecule has 0 spiro atoms. The summed E-state index contributed by atoms with van der Waals surface area (Å²) in [7, 11) is 0. The third kappa shape index (κ3) is 2.94. The van der Waals surface area contributed by atoms with Crippen LogP contribution in [0.3, 0.4) is 0 Å². The van der Waals surface area contributed by atoms with Gasteiger partial charge in [0.1, 0.15) is 0 Å². The SMILES string of the molecule is CC(=O)N1CCN(C(=O)CC23C[C@@H]4C[C@@H](CC(Br)(C4)C2)C3)CC1. The molecule has 0 radical (unpaired) electrons. The lowest BCUT2D eigenvalue weighted by atomic mass is 9.48. The van der Waals surface area contributed by atoms with Crippen molar-refractivity contribution < 1.29 is 9.59 Å². The molecule has 2 amide bonds. The maximum atomic E-state index is 12.9. The molecular weight excluding hydrogens is 356 g/mol. The largest absolute Gasteiger partial charge is 0.339 e. The van der Waals surface area contributed by atoms with Crippen molar-refractivity contribution in [2.24, 2.45) is 17.3 Å². The quantitative estimate of drug-likeness (QED) is 0.688. The molecule has 5 aliphatic rings. The Morgan fingerprint density at radius 1 is 1.00 bits per heavy atom. The van der Waals surface area contributed by atoms with E-state index in [1.54, 1.807) is 6.92 Å². The molecule has 1 saturated heterocycles. The second kappa shape index (κ2) is 5.47. The first-order chi connectivity index (χ1) is 10.9. The predicted octanol–water partition coefficient (Wildman–Crippen LogP) is 2.80. The van der Waals surface area contributed by atoms with E-state index in [1.165, 1.54) is 38.5 Å². The lowest BCUT2D eigenvalue weighted by molar-refractivity contribution is -0.143. The number of amides is 2. The molecule has 23 heavy (non-hydrogen) atoms. The highest BCUT2D eigenvalue weighted by Crippen LogP contribution is 2.65. The van der Waals surface area contributed by atoms with Gasteiger partial charge in [-0.2, -0.15) is 0 Å². The normalized spacial score (nSPS) is 42.2. The highest BCUT2D eigenvalue weighted by molar-refractivity contribution is 9.10. The van der Waals surface area contributed by atoms with Gasteiger partial charge in [-0.1, -0.05) is 15.9 Å². The van der Waals surface area contributed by atoms with Crippen LogP contribution in [0.4, 0.5) is 0 Å². The first kappa shape index (κ1) is 15.9. The summed E-state index contributed by atoms with van der Waals surface area (Å²) in [5.74, 6) is 2.11. The van der Waals surface area contributed by atoms with Crippen LogP contribution >= 0.6 is 15.9 Å². The van der Waals surface area contributed by atoms with Crippen molar-refractivity contribution >= 4 is 27.7 Å². The Kier molecular flexibility index (Phi) is 3.78. The second-order valence-corrected chi connectivity index (χ2v) is 10.4. The minimum atomic E-state index is 0.124. The highest BCUT2D eigenvalue weighted by Gasteiger charge is 2.57. The molecule has 0 aromatic carbocycles. The second-order valence-electron chi connectivity index (χ2n) is 8.68. The molecule has 1 heterocycles. The Hall–Kier alpha value is -0.580. The van der Waals surface area contributed by atoms with Gasteiger partial charge >= 0.3 is 0 Å². The Balaban J connectivity index is 1.40. The smallest absolute Gasteiger partial charge is 0.223 e. The first-order valence-electron chi connectivity index (χ1n) is 9.09. The third-order valence-corrected chi connectivity index (χ3v) is 7.64. The van der Waals surface area contributed by atoms with Crippen molar-refractivity contribution in [1.29, 1.82) is 0 Å². The number of hydrogen-bond donors (Lipinski definition) is 0. The lowest BCUT2D eigenvalue weighted by Crippen LogP contribution is -2.55. The Bertz CT molecular complexity index is 513. The van der Waals surface area contributed by atoms with Crippen molar-refractivity contribution in [3.05, 3.63) is 0 Å². The van der Waals surface area contributed by atoms with Gasteiger partial charge in [0.2, 0.25) is 11.8 Å². The van der Waals surface area contributed by atoms with Crippen LogP contribution in [0.25, 0.3) is 0 Å². The molecule has 4 nitrogen and oxygen atoms in total. The number of hydrogen-bond acceptors (Lipinski definition) is 2. The lowest BCUT2D eigenvalue weighted by Gasteiger charge is -2.60. The monoisotopic (exact) mass is 382 g/mol. The van der Waals surface area contributed by atoms with Gasteiger partial charge in [-0.15, -0.1) is 0 Å². The zero-order valence-electron chi connectivity index (χ0n) is 14.0. The van der Waals surface area contributed by atoms with E-state index in [0.29, 0.717) is 36.4 Å². The summed E-state index contributed by atoms with van der Waals surface area (Å²) in [5, 5.41) is 0. The molecule has 5 heteroatoms. The zero-order chi connectivity index (χ0) is 16.2. The standard InChI is InChI=1S/C18H27BrN2O2/c1-13(22)20-2-4-21(5-3-20)16(23)11-17-7-14-6-15(8-17)10-18(19,9-14)12-17/h14-15H,2-12H2,1H3/t14-,15+,17?,18?. The summed E-state index contributed by atoms with van der Waals surface area (Å²) in [6, 6.07) is 0. The molecule has 1 aliphatic heterocycles. The Labute approximate surface area is 147 Å². The average molecular weight is 383 g/mol. The molecule has 5 fully saturated rings. The number of carbonyl (C=O) groups is 2. The van der Waals surface area contributed by atoms with Crippen LogP contribution < -0.4 is 0 Å². The maximum Gasteiger partial charge on any atom is 0.223 e. The van der Waals surface area contributed by atoms with E-state index in [0.717, 1.165) is 18.3 Å². The van der Waals surface area contributed by atoms with Crippen LogP contribution in [-0.2, 0) is 9.59 Å². The van der Waals surface area contributed by atoms with Crippen LogP contribution in [0.5, 0.6) is 0 Å². The van der Waals surface area contributed by atoms with Gasteiger partial charge in [0.25, 0.3) is 0 Å². The van der Waals surface area contributed by atoms with E-state index in [9.17, 15) is 9.59 Å². The molecule has 4 bridgehead atoms. The van der Waals surface area contributed by atoms with Crippen LogP contribution in [0, 0.1) is 17.3 Å². The van der Waals surface area contributed by atoms with Gasteiger partial charge in [0.05, 0.1) is 0 Å². The van der Waals surface area contributed by atoms with Crippen LogP contribution in [0.1, 0.15) is 51.9 Å². The van der Waals surface area contributed by atoms with E-state index in [1.807, 2.05) is 9.80 Å². The number of nitrogens with zero attached hydrogens (tertiary/aromatic N) is 2. The van der Waals surface area contributed by atoms with E-state index >= 15 is 0 Å². The number of alkyl halides is 1. The number of rotatable bonds is 2. The predicted molar refractivity (Wildman–Crippen MR) is 92.2 cm³/mol. The van der Waals surface area contributed by atoms with Gasteiger partial charge in [-0.05, 0) is 55.8 Å². The minimum Gasteiger partial charge on any atom is -0.339 e. The fraction of sp³-hybridized carbons (Fsp3) is 0.889. The van der Waals surface area contributed by atoms with E-state index < -0.39 is 0 Å². The number of halogens is 1. The molecule has 2 unspecified atom stereocenters. The van der Waals surface area contributed by atoms with Crippen LogP contribution in [-0.4, -0.2) is 52.1 Å². The summed E-state index contributed by atoms with van der Waals surface area (Å²) in [6.45, 7) is 4.42. The summed E-state index contributed by atoms with van der Waals surface area (Å²) in [5.41, 5.74) is 0.252. The molecule has 5 rings (SSSR count). The number of piperazine rings is 1. The first-order valence-corrected chi connectivity index (χ1v) is 9.88. The minimum absolute atomic E-state index is 0.124. The molecule has 0 aromatic heterocycles. The summed E-state index contributed by atoms with van der Waals surface area (Å²) < 4.78 is 0.324. The van der Waals surface area contributed by atoms with Crippen molar-refractivity contribution in [3.8, 4) is 0 Å². The summed E-state index contributed by atoms with van der Waals surface area (Å²) >= 11 is 4.03. The van der Waals surface area contributed by atoms with Crippen molar-refractivity contribution in [2.75, 3.05) is 26.2 Å². The number of carbonyl (C=O) groups excluding carboxylic acids is 2. The topological polar surface area (TPSA) is 40.6 Å². The van der Waals surface area contributed by atoms with Crippen molar-refractivity contribution in [3.63, 3.8) is 0 Å². The molecule has 4 atom stereocenters. The molecule has 4 saturated carbocycles. The Morgan fingerprint density at radius 2 is 1.57 bits per heavy atom. The maximum absolute atomic E-state index is 12.9. The van der Waals surface area contributed by atoms with E-state index in [2.05, 4.69) is 15.9 Å². The van der Waals surface area contributed by atoms with E-state index in [4.69, 9.17) is 0 Å². The van der Waals surface area contributed by atoms with Gasteiger partial charge in [0, 0.05) is 43.8 Å². The molecule has 0 aromatic rings. The average Bonchev–Trinajstić information content (AvgIpc) is 2.44. The van der Waals surface area contributed by atoms with Gasteiger partial charge in [-0.3, -0.25) is 9.59 Å². The zero-order valence-corrected chi connectivity index (χ0v) is 15.6. The van der Waals surface area contributed by atoms with E-state index in [-0.39, 0.29) is 11.3 Å². The van der Waals surface area contributed by atoms with Gasteiger partial charge in [-0.25, -0.2) is 0 Å². The molecular formula is C18H27BrN2O2. The molecule has 4 aliphatic carbocycles. The Morgan fingerprint density at radius 3 is 2.09 bits per heavy atom. The van der Waals surface area contributed by atoms with Crippen molar-refractivity contribution in [1.82, 2.24) is 9.80 Å². The summed E-state index contributed by atoms with van der Waals surface area (Å²) in [6.07, 6.45) is 8.46. The van der Waals surface area contributed by atoms with Gasteiger partial charge in [0.15, 0.2) is 0 Å². The highest BCUT2D eigenvalue weighted by atomic mass is 79.9. The fourth-order valence-electron chi connectivity index (χ4n) is 6.25. The fourth-order valence-corrected chi connectivity index (χ4v) is 7.76. The van der Waals surface area contributed by atoms with Gasteiger partial charge < -0.3 is 9.80 Å². The molecule has 0 N–H and O–H groups in total. The van der Waals surface area contributed by atoms with Crippen LogP contribution in [0.15, 0.2) is 0 Å².